The zero-order chi connectivity index (χ0) is 19.4. The van der Waals surface area contributed by atoms with E-state index in [9.17, 15) is 4.79 Å². The number of aromatic nitrogens is 3. The van der Waals surface area contributed by atoms with Crippen molar-refractivity contribution in [3.8, 4) is 0 Å². The Balaban J connectivity index is 1.77. The second kappa shape index (κ2) is 8.24. The molecule has 27 heavy (non-hydrogen) atoms. The van der Waals surface area contributed by atoms with Gasteiger partial charge in [0.2, 0.25) is 11.9 Å². The summed E-state index contributed by atoms with van der Waals surface area (Å²) in [5.41, 5.74) is 5.77. The van der Waals surface area contributed by atoms with Crippen LogP contribution in [-0.2, 0) is 4.79 Å². The maximum Gasteiger partial charge on any atom is 0.243 e. The molecular weight excluding hydrogens is 384 g/mol. The first kappa shape index (κ1) is 18.9. The van der Waals surface area contributed by atoms with Gasteiger partial charge >= 0.3 is 0 Å². The minimum Gasteiger partial charge on any atom is -0.274 e. The maximum absolute atomic E-state index is 12.1. The maximum atomic E-state index is 12.1. The summed E-state index contributed by atoms with van der Waals surface area (Å²) in [6, 6.07) is 8.95. The average Bonchev–Trinajstić information content (AvgIpc) is 3.02. The van der Waals surface area contributed by atoms with Crippen LogP contribution in [0.25, 0.3) is 0 Å². The van der Waals surface area contributed by atoms with Crippen molar-refractivity contribution in [2.45, 2.75) is 20.8 Å². The number of thiazole rings is 1. The van der Waals surface area contributed by atoms with E-state index in [1.165, 1.54) is 23.2 Å². The Kier molecular flexibility index (Phi) is 5.78. The van der Waals surface area contributed by atoms with Crippen molar-refractivity contribution in [2.24, 2.45) is 5.10 Å². The summed E-state index contributed by atoms with van der Waals surface area (Å²) in [6.07, 6.45) is 1.55. The number of benzene rings is 1. The van der Waals surface area contributed by atoms with Crippen LogP contribution in [0.2, 0.25) is 5.02 Å². The Bertz CT molecular complexity index is 983. The smallest absolute Gasteiger partial charge is 0.243 e. The minimum absolute atomic E-state index is 0.156. The molecule has 9 heteroatoms. The van der Waals surface area contributed by atoms with Crippen molar-refractivity contribution in [3.63, 3.8) is 0 Å². The summed E-state index contributed by atoms with van der Waals surface area (Å²) >= 11 is 7.38. The first-order valence-corrected chi connectivity index (χ1v) is 9.31. The van der Waals surface area contributed by atoms with Crippen molar-refractivity contribution in [1.82, 2.24) is 15.0 Å². The number of hydrogen-bond donors (Lipinski definition) is 1. The van der Waals surface area contributed by atoms with Crippen LogP contribution in [0.5, 0.6) is 0 Å². The molecule has 3 aromatic rings. The van der Waals surface area contributed by atoms with Crippen molar-refractivity contribution >= 4 is 51.8 Å². The van der Waals surface area contributed by atoms with E-state index in [1.54, 1.807) is 30.5 Å². The van der Waals surface area contributed by atoms with E-state index in [2.05, 4.69) is 25.5 Å². The Morgan fingerprint density at radius 2 is 1.96 bits per heavy atom. The quantitative estimate of drug-likeness (QED) is 0.509. The van der Waals surface area contributed by atoms with Crippen LogP contribution in [0.15, 0.2) is 40.8 Å². The van der Waals surface area contributed by atoms with Gasteiger partial charge in [0.25, 0.3) is 0 Å². The number of hydrazone groups is 1. The molecule has 0 saturated carbocycles. The number of nitrogens with one attached hydrogen (secondary N) is 1. The predicted octanol–water partition coefficient (Wildman–Crippen LogP) is 4.33. The van der Waals surface area contributed by atoms with Crippen LogP contribution < -0.4 is 10.3 Å². The van der Waals surface area contributed by atoms with Crippen LogP contribution >= 0.6 is 22.9 Å². The molecule has 0 aliphatic heterocycles. The Morgan fingerprint density at radius 3 is 2.63 bits per heavy atom. The minimum atomic E-state index is -0.156. The number of aryl methyl sites for hydroxylation is 2. The number of nitrogens with zero attached hydrogens (tertiary/aromatic N) is 5. The lowest BCUT2D eigenvalue weighted by atomic mass is 10.3. The molecule has 0 unspecified atom stereocenters. The zero-order valence-electron chi connectivity index (χ0n) is 15.0. The van der Waals surface area contributed by atoms with Crippen molar-refractivity contribution < 1.29 is 4.79 Å². The van der Waals surface area contributed by atoms with Gasteiger partial charge < -0.3 is 0 Å². The number of hydrogen-bond acceptors (Lipinski definition) is 7. The topological polar surface area (TPSA) is 83.4 Å². The number of carbonyl (C=O) groups excluding carboxylic acids is 1. The monoisotopic (exact) mass is 400 g/mol. The van der Waals surface area contributed by atoms with Crippen LogP contribution in [0, 0.1) is 13.8 Å². The normalized spacial score (nSPS) is 11.0. The third kappa shape index (κ3) is 4.87. The van der Waals surface area contributed by atoms with Crippen LogP contribution in [0.4, 0.5) is 16.8 Å². The molecule has 1 aromatic carbocycles. The van der Waals surface area contributed by atoms with E-state index < -0.39 is 0 Å². The fourth-order valence-corrected chi connectivity index (χ4v) is 3.43. The summed E-state index contributed by atoms with van der Waals surface area (Å²) < 4.78 is 0. The second-order valence-electron chi connectivity index (χ2n) is 5.73. The molecule has 0 radical (unpaired) electrons. The standard InChI is InChI=1S/C18H17ClN6OS/c1-11-7-12(2)22-17(21-11)24-20-9-15-10-27-18(23-15)25(13(3)26)16-6-4-5-14(19)8-16/h4-10H,1-3H3,(H,21,22,24)/b20-9-. The molecule has 3 rings (SSSR count). The zero-order valence-corrected chi connectivity index (χ0v) is 16.5. The van der Waals surface area contributed by atoms with Crippen molar-refractivity contribution in [2.75, 3.05) is 10.3 Å². The second-order valence-corrected chi connectivity index (χ2v) is 7.01. The molecule has 2 heterocycles. The van der Waals surface area contributed by atoms with Gasteiger partial charge in [-0.3, -0.25) is 9.69 Å². The van der Waals surface area contributed by atoms with E-state index in [1.807, 2.05) is 25.3 Å². The number of amides is 1. The fourth-order valence-electron chi connectivity index (χ4n) is 2.41. The first-order chi connectivity index (χ1) is 12.9. The van der Waals surface area contributed by atoms with Crippen molar-refractivity contribution in [1.29, 1.82) is 0 Å². The lowest BCUT2D eigenvalue weighted by Crippen LogP contribution is -2.22. The molecule has 0 fully saturated rings. The number of carbonyl (C=O) groups is 1. The van der Waals surface area contributed by atoms with Gasteiger partial charge in [-0.05, 0) is 38.1 Å². The molecule has 0 bridgehead atoms. The molecular formula is C18H17ClN6OS. The number of rotatable bonds is 5. The lowest BCUT2D eigenvalue weighted by molar-refractivity contribution is -0.115. The first-order valence-electron chi connectivity index (χ1n) is 8.05. The van der Waals surface area contributed by atoms with Gasteiger partial charge in [-0.2, -0.15) is 5.10 Å². The van der Waals surface area contributed by atoms with Gasteiger partial charge in [0, 0.05) is 28.7 Å². The summed E-state index contributed by atoms with van der Waals surface area (Å²) in [6.45, 7) is 5.26. The van der Waals surface area contributed by atoms with E-state index in [0.29, 0.717) is 27.5 Å². The van der Waals surface area contributed by atoms with Crippen LogP contribution in [0.1, 0.15) is 24.0 Å². The summed E-state index contributed by atoms with van der Waals surface area (Å²) in [7, 11) is 0. The van der Waals surface area contributed by atoms with Gasteiger partial charge in [0.15, 0.2) is 5.13 Å². The molecule has 0 aliphatic rings. The van der Waals surface area contributed by atoms with Crippen LogP contribution in [-0.4, -0.2) is 27.1 Å². The summed E-state index contributed by atoms with van der Waals surface area (Å²) in [4.78, 5) is 26.6. The molecule has 138 valence electrons. The molecule has 0 saturated heterocycles. The van der Waals surface area contributed by atoms with Gasteiger partial charge in [0.1, 0.15) is 0 Å². The highest BCUT2D eigenvalue weighted by Gasteiger charge is 2.17. The third-order valence-corrected chi connectivity index (χ3v) is 4.51. The molecule has 1 N–H and O–H groups in total. The Hall–Kier alpha value is -2.84. The molecule has 7 nitrogen and oxygen atoms in total. The van der Waals surface area contributed by atoms with Crippen molar-refractivity contribution in [3.05, 3.63) is 57.8 Å². The highest BCUT2D eigenvalue weighted by Crippen LogP contribution is 2.30. The van der Waals surface area contributed by atoms with Crippen LogP contribution in [0.3, 0.4) is 0 Å². The fraction of sp³-hybridized carbons (Fsp3) is 0.167. The molecule has 0 atom stereocenters. The van der Waals surface area contributed by atoms with Gasteiger partial charge in [0.05, 0.1) is 17.6 Å². The van der Waals surface area contributed by atoms with E-state index >= 15 is 0 Å². The van der Waals surface area contributed by atoms with E-state index in [-0.39, 0.29) is 5.91 Å². The highest BCUT2D eigenvalue weighted by atomic mass is 35.5. The molecule has 0 spiro atoms. The summed E-state index contributed by atoms with van der Waals surface area (Å²) in [5, 5.41) is 7.01. The van der Waals surface area contributed by atoms with Gasteiger partial charge in [-0.15, -0.1) is 11.3 Å². The number of anilines is 3. The van der Waals surface area contributed by atoms with E-state index in [0.717, 1.165) is 11.4 Å². The lowest BCUT2D eigenvalue weighted by Gasteiger charge is -2.18. The van der Waals surface area contributed by atoms with Gasteiger partial charge in [-0.1, -0.05) is 17.7 Å². The SMILES string of the molecule is CC(=O)N(c1cccc(Cl)c1)c1nc(/C=N\Nc2nc(C)cc(C)n2)cs1. The Morgan fingerprint density at radius 1 is 1.22 bits per heavy atom. The van der Waals surface area contributed by atoms with Gasteiger partial charge in [-0.25, -0.2) is 20.4 Å². The Labute approximate surface area is 165 Å². The largest absolute Gasteiger partial charge is 0.274 e. The average molecular weight is 401 g/mol. The molecule has 2 aromatic heterocycles. The predicted molar refractivity (Wildman–Crippen MR) is 109 cm³/mol. The molecule has 0 aliphatic carbocycles. The summed E-state index contributed by atoms with van der Waals surface area (Å²) in [5.74, 6) is 0.264. The third-order valence-electron chi connectivity index (χ3n) is 3.43. The van der Waals surface area contributed by atoms with E-state index in [4.69, 9.17) is 11.6 Å². The molecule has 1 amide bonds. The highest BCUT2D eigenvalue weighted by molar-refractivity contribution is 7.14. The number of halogens is 1.